The first-order valence-electron chi connectivity index (χ1n) is 6.99. The molecule has 0 aliphatic carbocycles. The molecule has 0 radical (unpaired) electrons. The summed E-state index contributed by atoms with van der Waals surface area (Å²) >= 11 is 0. The van der Waals surface area contributed by atoms with Gasteiger partial charge in [-0.1, -0.05) is 0 Å². The average Bonchev–Trinajstić information content (AvgIpc) is 2.41. The normalized spacial score (nSPS) is 21.0. The third kappa shape index (κ3) is 3.81. The zero-order valence-electron chi connectivity index (χ0n) is 12.6. The molecule has 1 aliphatic rings. The lowest BCUT2D eigenvalue weighted by Crippen LogP contribution is -2.47. The van der Waals surface area contributed by atoms with E-state index in [0.717, 1.165) is 12.8 Å². The number of aromatic amines is 2. The van der Waals surface area contributed by atoms with Crippen molar-refractivity contribution in [2.75, 3.05) is 13.7 Å². The molecular weight excluding hydrogens is 274 g/mol. The molecule has 0 aromatic carbocycles. The number of hydrogen-bond acceptors (Lipinski definition) is 4. The third-order valence-corrected chi connectivity index (χ3v) is 3.85. The fraction of sp³-hybridized carbons (Fsp3) is 0.643. The lowest BCUT2D eigenvalue weighted by Gasteiger charge is -2.39. The molecule has 1 atom stereocenters. The van der Waals surface area contributed by atoms with Crippen LogP contribution in [-0.2, 0) is 16.0 Å². The van der Waals surface area contributed by atoms with Crippen LogP contribution in [0.2, 0.25) is 0 Å². The van der Waals surface area contributed by atoms with Crippen LogP contribution in [0.15, 0.2) is 15.7 Å². The van der Waals surface area contributed by atoms with Crippen molar-refractivity contribution in [1.29, 1.82) is 0 Å². The highest BCUT2D eigenvalue weighted by Gasteiger charge is 2.32. The maximum absolute atomic E-state index is 12.3. The molecule has 1 aromatic heterocycles. The van der Waals surface area contributed by atoms with Gasteiger partial charge in [-0.3, -0.25) is 24.6 Å². The number of H-pyrrole nitrogens is 2. The van der Waals surface area contributed by atoms with Crippen molar-refractivity contribution >= 4 is 5.91 Å². The Labute approximate surface area is 122 Å². The van der Waals surface area contributed by atoms with Gasteiger partial charge in [-0.15, -0.1) is 0 Å². The lowest BCUT2D eigenvalue weighted by atomic mass is 9.93. The quantitative estimate of drug-likeness (QED) is 0.822. The fourth-order valence-electron chi connectivity index (χ4n) is 2.61. The van der Waals surface area contributed by atoms with E-state index in [1.165, 1.54) is 6.07 Å². The van der Waals surface area contributed by atoms with E-state index in [2.05, 4.69) is 10.2 Å². The second-order valence-electron chi connectivity index (χ2n) is 6.05. The molecule has 0 unspecified atom stereocenters. The van der Waals surface area contributed by atoms with Crippen LogP contribution in [0.3, 0.4) is 0 Å². The van der Waals surface area contributed by atoms with Crippen LogP contribution in [0.4, 0.5) is 0 Å². The largest absolute Gasteiger partial charge is 0.375 e. The lowest BCUT2D eigenvalue weighted by molar-refractivity contribution is -0.137. The Bertz CT molecular complexity index is 632. The van der Waals surface area contributed by atoms with Crippen LogP contribution in [0, 0.1) is 0 Å². The van der Waals surface area contributed by atoms with Crippen molar-refractivity contribution in [3.8, 4) is 0 Å². The smallest absolute Gasteiger partial charge is 0.266 e. The molecular formula is C14H21N3O4. The summed E-state index contributed by atoms with van der Waals surface area (Å²) in [6, 6.07) is 1.25. The number of carbonyl (C=O) groups excluding carboxylic acids is 1. The Morgan fingerprint density at radius 2 is 2.14 bits per heavy atom. The standard InChI is InChI=1S/C14H21N3O4/c1-14(2)8-10(4-5-21-14)17(3)12(19)7-9-6-11(18)15-16-13(9)20/h6,10H,4-5,7-8H2,1-3H3,(H,15,18)(H,16,20)/t10-/m0/s1. The molecule has 1 amide bonds. The van der Waals surface area contributed by atoms with Gasteiger partial charge < -0.3 is 9.64 Å². The first-order chi connectivity index (χ1) is 9.78. The Kier molecular flexibility index (Phi) is 4.32. The van der Waals surface area contributed by atoms with Crippen molar-refractivity contribution in [2.24, 2.45) is 0 Å². The van der Waals surface area contributed by atoms with Crippen molar-refractivity contribution in [2.45, 2.75) is 44.8 Å². The van der Waals surface area contributed by atoms with Gasteiger partial charge in [-0.05, 0) is 26.7 Å². The van der Waals surface area contributed by atoms with Gasteiger partial charge in [0, 0.05) is 31.3 Å². The number of nitrogens with zero attached hydrogens (tertiary/aromatic N) is 1. The van der Waals surface area contributed by atoms with Crippen molar-refractivity contribution in [3.63, 3.8) is 0 Å². The monoisotopic (exact) mass is 295 g/mol. The van der Waals surface area contributed by atoms with E-state index in [0.29, 0.717) is 6.61 Å². The van der Waals surface area contributed by atoms with E-state index in [1.807, 2.05) is 13.8 Å². The van der Waals surface area contributed by atoms with Gasteiger partial charge in [0.1, 0.15) is 0 Å². The minimum Gasteiger partial charge on any atom is -0.375 e. The van der Waals surface area contributed by atoms with Gasteiger partial charge in [-0.25, -0.2) is 0 Å². The van der Waals surface area contributed by atoms with Gasteiger partial charge in [0.15, 0.2) is 0 Å². The molecule has 21 heavy (non-hydrogen) atoms. The predicted molar refractivity (Wildman–Crippen MR) is 77.2 cm³/mol. The van der Waals surface area contributed by atoms with Gasteiger partial charge in [0.25, 0.3) is 11.1 Å². The van der Waals surface area contributed by atoms with Crippen LogP contribution in [-0.4, -0.2) is 46.3 Å². The summed E-state index contributed by atoms with van der Waals surface area (Å²) in [5, 5.41) is 4.40. The molecule has 2 N–H and O–H groups in total. The van der Waals surface area contributed by atoms with Crippen LogP contribution >= 0.6 is 0 Å². The molecule has 1 aromatic rings. The molecule has 1 fully saturated rings. The summed E-state index contributed by atoms with van der Waals surface area (Å²) in [6.07, 6.45) is 1.45. The predicted octanol–water partition coefficient (Wildman–Crippen LogP) is 0.0217. The van der Waals surface area contributed by atoms with Gasteiger partial charge in [0.2, 0.25) is 5.91 Å². The van der Waals surface area contributed by atoms with Gasteiger partial charge in [0.05, 0.1) is 12.0 Å². The molecule has 2 rings (SSSR count). The number of nitrogens with one attached hydrogen (secondary N) is 2. The van der Waals surface area contributed by atoms with E-state index < -0.39 is 11.1 Å². The molecule has 0 bridgehead atoms. The minimum atomic E-state index is -0.441. The highest BCUT2D eigenvalue weighted by Crippen LogP contribution is 2.26. The van der Waals surface area contributed by atoms with Crippen LogP contribution < -0.4 is 11.1 Å². The number of carbonyl (C=O) groups is 1. The minimum absolute atomic E-state index is 0.0759. The molecule has 0 saturated carbocycles. The molecule has 7 nitrogen and oxygen atoms in total. The zero-order valence-corrected chi connectivity index (χ0v) is 12.6. The molecule has 116 valence electrons. The molecule has 1 aliphatic heterocycles. The number of ether oxygens (including phenoxy) is 1. The molecule has 0 spiro atoms. The number of likely N-dealkylation sites (N-methyl/N-ethyl adjacent to an activating group) is 1. The molecule has 2 heterocycles. The maximum Gasteiger partial charge on any atom is 0.266 e. The summed E-state index contributed by atoms with van der Waals surface area (Å²) in [4.78, 5) is 36.8. The number of hydrogen-bond donors (Lipinski definition) is 2. The summed E-state index contributed by atoms with van der Waals surface area (Å²) in [5.41, 5.74) is -0.934. The van der Waals surface area contributed by atoms with Crippen LogP contribution in [0.25, 0.3) is 0 Å². The number of amides is 1. The van der Waals surface area contributed by atoms with E-state index in [9.17, 15) is 14.4 Å². The summed E-state index contributed by atoms with van der Waals surface area (Å²) in [7, 11) is 1.73. The van der Waals surface area contributed by atoms with Gasteiger partial charge in [-0.2, -0.15) is 0 Å². The molecule has 1 saturated heterocycles. The number of rotatable bonds is 3. The summed E-state index contributed by atoms with van der Waals surface area (Å²) < 4.78 is 5.64. The highest BCUT2D eigenvalue weighted by atomic mass is 16.5. The first kappa shape index (κ1) is 15.5. The second-order valence-corrected chi connectivity index (χ2v) is 6.05. The van der Waals surface area contributed by atoms with E-state index in [4.69, 9.17) is 4.74 Å². The van der Waals surface area contributed by atoms with Crippen LogP contribution in [0.5, 0.6) is 0 Å². The Balaban J connectivity index is 2.07. The Hall–Kier alpha value is -1.89. The summed E-state index contributed by atoms with van der Waals surface area (Å²) in [6.45, 7) is 4.61. The Morgan fingerprint density at radius 3 is 2.81 bits per heavy atom. The topological polar surface area (TPSA) is 95.3 Å². The third-order valence-electron chi connectivity index (χ3n) is 3.85. The SMILES string of the molecule is CN(C(=O)Cc1cc(=O)[nH][nH]c1=O)[C@H]1CCOC(C)(C)C1. The van der Waals surface area contributed by atoms with Crippen LogP contribution in [0.1, 0.15) is 32.3 Å². The van der Waals surface area contributed by atoms with Crippen molar-refractivity contribution in [3.05, 3.63) is 32.3 Å². The van der Waals surface area contributed by atoms with Gasteiger partial charge >= 0.3 is 0 Å². The van der Waals surface area contributed by atoms with Crippen molar-refractivity contribution in [1.82, 2.24) is 15.1 Å². The zero-order chi connectivity index (χ0) is 15.6. The highest BCUT2D eigenvalue weighted by molar-refractivity contribution is 5.78. The second kappa shape index (κ2) is 5.85. The fourth-order valence-corrected chi connectivity index (χ4v) is 2.61. The van der Waals surface area contributed by atoms with Crippen molar-refractivity contribution < 1.29 is 9.53 Å². The van der Waals surface area contributed by atoms with E-state index in [-0.39, 0.29) is 29.5 Å². The first-order valence-corrected chi connectivity index (χ1v) is 6.99. The summed E-state index contributed by atoms with van der Waals surface area (Å²) in [5.74, 6) is -0.172. The average molecular weight is 295 g/mol. The Morgan fingerprint density at radius 1 is 1.43 bits per heavy atom. The van der Waals surface area contributed by atoms with E-state index >= 15 is 0 Å². The van der Waals surface area contributed by atoms with E-state index in [1.54, 1.807) is 11.9 Å². The maximum atomic E-state index is 12.3. The number of aromatic nitrogens is 2. The molecule has 7 heteroatoms.